The lowest BCUT2D eigenvalue weighted by Crippen LogP contribution is -1.91. The molecule has 0 aliphatic carbocycles. The van der Waals surface area contributed by atoms with Gasteiger partial charge in [0.2, 0.25) is 0 Å². The monoisotopic (exact) mass is 274 g/mol. The highest BCUT2D eigenvalue weighted by Crippen LogP contribution is 2.29. The van der Waals surface area contributed by atoms with Crippen molar-refractivity contribution in [2.75, 3.05) is 0 Å². The summed E-state index contributed by atoms with van der Waals surface area (Å²) in [5.74, 6) is 0.555. The molecular formula is C15H15Br. The summed E-state index contributed by atoms with van der Waals surface area (Å²) in [6, 6.07) is 17.1. The van der Waals surface area contributed by atoms with Crippen LogP contribution in [0.25, 0.3) is 11.1 Å². The minimum absolute atomic E-state index is 0.555. The van der Waals surface area contributed by atoms with Crippen LogP contribution in [0.15, 0.2) is 53.0 Å². The molecule has 1 heteroatoms. The van der Waals surface area contributed by atoms with Gasteiger partial charge >= 0.3 is 0 Å². The van der Waals surface area contributed by atoms with Gasteiger partial charge in [-0.2, -0.15) is 0 Å². The van der Waals surface area contributed by atoms with Gasteiger partial charge in [-0.25, -0.2) is 0 Å². The molecule has 16 heavy (non-hydrogen) atoms. The van der Waals surface area contributed by atoms with Gasteiger partial charge in [0, 0.05) is 4.47 Å². The maximum Gasteiger partial charge on any atom is 0.0175 e. The number of rotatable bonds is 2. The van der Waals surface area contributed by atoms with E-state index in [1.807, 2.05) is 0 Å². The number of hydrogen-bond donors (Lipinski definition) is 0. The zero-order chi connectivity index (χ0) is 11.5. The molecule has 0 unspecified atom stereocenters. The van der Waals surface area contributed by atoms with Crippen LogP contribution in [0.1, 0.15) is 25.3 Å². The zero-order valence-corrected chi connectivity index (χ0v) is 11.2. The highest BCUT2D eigenvalue weighted by molar-refractivity contribution is 9.10. The van der Waals surface area contributed by atoms with Crippen LogP contribution >= 0.6 is 15.9 Å². The SMILES string of the molecule is CC(C)c1ccccc1-c1ccc(Br)cc1. The number of halogens is 1. The Kier molecular flexibility index (Phi) is 3.45. The van der Waals surface area contributed by atoms with E-state index in [0.29, 0.717) is 5.92 Å². The fourth-order valence-electron chi connectivity index (χ4n) is 1.89. The average Bonchev–Trinajstić information content (AvgIpc) is 2.30. The van der Waals surface area contributed by atoms with Crippen LogP contribution in [0, 0.1) is 0 Å². The van der Waals surface area contributed by atoms with E-state index in [9.17, 15) is 0 Å². The van der Waals surface area contributed by atoms with Gasteiger partial charge in [-0.15, -0.1) is 0 Å². The maximum atomic E-state index is 3.47. The third-order valence-electron chi connectivity index (χ3n) is 2.74. The van der Waals surface area contributed by atoms with E-state index in [-0.39, 0.29) is 0 Å². The molecule has 2 aromatic carbocycles. The highest BCUT2D eigenvalue weighted by Gasteiger charge is 2.07. The normalized spacial score (nSPS) is 10.8. The molecule has 0 saturated heterocycles. The third kappa shape index (κ3) is 2.35. The van der Waals surface area contributed by atoms with Gasteiger partial charge in [-0.05, 0) is 34.7 Å². The van der Waals surface area contributed by atoms with Gasteiger partial charge < -0.3 is 0 Å². The van der Waals surface area contributed by atoms with E-state index < -0.39 is 0 Å². The van der Waals surface area contributed by atoms with E-state index in [4.69, 9.17) is 0 Å². The molecule has 0 aromatic heterocycles. The Balaban J connectivity index is 2.51. The van der Waals surface area contributed by atoms with Crippen LogP contribution in [0.4, 0.5) is 0 Å². The molecule has 2 rings (SSSR count). The van der Waals surface area contributed by atoms with Crippen LogP contribution < -0.4 is 0 Å². The molecule has 0 bridgehead atoms. The van der Waals surface area contributed by atoms with Gasteiger partial charge in [-0.1, -0.05) is 66.2 Å². The minimum Gasteiger partial charge on any atom is -0.0619 e. The number of benzene rings is 2. The van der Waals surface area contributed by atoms with Crippen molar-refractivity contribution in [3.63, 3.8) is 0 Å². The van der Waals surface area contributed by atoms with Crippen molar-refractivity contribution in [1.82, 2.24) is 0 Å². The van der Waals surface area contributed by atoms with Crippen LogP contribution in [0.5, 0.6) is 0 Å². The maximum absolute atomic E-state index is 3.47. The van der Waals surface area contributed by atoms with Gasteiger partial charge in [0.15, 0.2) is 0 Å². The molecule has 0 fully saturated rings. The first kappa shape index (κ1) is 11.4. The lowest BCUT2D eigenvalue weighted by Gasteiger charge is -2.12. The summed E-state index contributed by atoms with van der Waals surface area (Å²) >= 11 is 3.47. The fourth-order valence-corrected chi connectivity index (χ4v) is 2.16. The first-order valence-electron chi connectivity index (χ1n) is 5.53. The second kappa shape index (κ2) is 4.84. The van der Waals surface area contributed by atoms with E-state index in [1.54, 1.807) is 0 Å². The second-order valence-electron chi connectivity index (χ2n) is 4.25. The van der Waals surface area contributed by atoms with Crippen molar-refractivity contribution < 1.29 is 0 Å². The van der Waals surface area contributed by atoms with Crippen molar-refractivity contribution in [2.24, 2.45) is 0 Å². The van der Waals surface area contributed by atoms with Gasteiger partial charge in [0.1, 0.15) is 0 Å². The predicted molar refractivity (Wildman–Crippen MR) is 73.7 cm³/mol. The van der Waals surface area contributed by atoms with E-state index in [2.05, 4.69) is 78.3 Å². The quantitative estimate of drug-likeness (QED) is 0.703. The van der Waals surface area contributed by atoms with Crippen LogP contribution in [0.2, 0.25) is 0 Å². The first-order valence-corrected chi connectivity index (χ1v) is 6.32. The van der Waals surface area contributed by atoms with Crippen LogP contribution in [-0.4, -0.2) is 0 Å². The molecule has 0 atom stereocenters. The summed E-state index contributed by atoms with van der Waals surface area (Å²) in [6.45, 7) is 4.47. The predicted octanol–water partition coefficient (Wildman–Crippen LogP) is 5.24. The van der Waals surface area contributed by atoms with Gasteiger partial charge in [-0.3, -0.25) is 0 Å². The minimum atomic E-state index is 0.555. The number of hydrogen-bond acceptors (Lipinski definition) is 0. The van der Waals surface area contributed by atoms with Crippen molar-refractivity contribution in [3.8, 4) is 11.1 Å². The van der Waals surface area contributed by atoms with Gasteiger partial charge in [0.05, 0.1) is 0 Å². The Morgan fingerprint density at radius 1 is 0.875 bits per heavy atom. The summed E-state index contributed by atoms with van der Waals surface area (Å²) in [5, 5.41) is 0. The molecule has 0 aliphatic rings. The Hall–Kier alpha value is -1.08. The van der Waals surface area contributed by atoms with Crippen LogP contribution in [0.3, 0.4) is 0 Å². The summed E-state index contributed by atoms with van der Waals surface area (Å²) < 4.78 is 1.12. The van der Waals surface area contributed by atoms with E-state index in [1.165, 1.54) is 16.7 Å². The lowest BCUT2D eigenvalue weighted by atomic mass is 9.93. The van der Waals surface area contributed by atoms with Crippen molar-refractivity contribution in [2.45, 2.75) is 19.8 Å². The van der Waals surface area contributed by atoms with E-state index >= 15 is 0 Å². The molecule has 0 saturated carbocycles. The fraction of sp³-hybridized carbons (Fsp3) is 0.200. The molecule has 0 heterocycles. The first-order chi connectivity index (χ1) is 7.68. The molecule has 82 valence electrons. The summed E-state index contributed by atoms with van der Waals surface area (Å²) in [6.07, 6.45) is 0. The zero-order valence-electron chi connectivity index (χ0n) is 9.57. The van der Waals surface area contributed by atoms with Crippen molar-refractivity contribution in [3.05, 3.63) is 58.6 Å². The lowest BCUT2D eigenvalue weighted by molar-refractivity contribution is 0.869. The topological polar surface area (TPSA) is 0 Å². The van der Waals surface area contributed by atoms with Crippen molar-refractivity contribution >= 4 is 15.9 Å². The van der Waals surface area contributed by atoms with Crippen LogP contribution in [-0.2, 0) is 0 Å². The Labute approximate surface area is 105 Å². The Bertz CT molecular complexity index is 469. The second-order valence-corrected chi connectivity index (χ2v) is 5.16. The molecule has 0 radical (unpaired) electrons. The summed E-state index contributed by atoms with van der Waals surface area (Å²) in [7, 11) is 0. The smallest absolute Gasteiger partial charge is 0.0175 e. The molecule has 0 spiro atoms. The Morgan fingerprint density at radius 2 is 1.50 bits per heavy atom. The standard InChI is InChI=1S/C15H15Br/c1-11(2)14-5-3-4-6-15(14)12-7-9-13(16)10-8-12/h3-11H,1-2H3. The largest absolute Gasteiger partial charge is 0.0619 e. The molecule has 2 aromatic rings. The highest BCUT2D eigenvalue weighted by atomic mass is 79.9. The van der Waals surface area contributed by atoms with Crippen molar-refractivity contribution in [1.29, 1.82) is 0 Å². The van der Waals surface area contributed by atoms with Gasteiger partial charge in [0.25, 0.3) is 0 Å². The molecule has 0 N–H and O–H groups in total. The molecule has 0 aliphatic heterocycles. The van der Waals surface area contributed by atoms with E-state index in [0.717, 1.165) is 4.47 Å². The Morgan fingerprint density at radius 3 is 2.12 bits per heavy atom. The molecule has 0 nitrogen and oxygen atoms in total. The summed E-state index contributed by atoms with van der Waals surface area (Å²) in [5.41, 5.74) is 4.03. The third-order valence-corrected chi connectivity index (χ3v) is 3.27. The molecular weight excluding hydrogens is 260 g/mol. The summed E-state index contributed by atoms with van der Waals surface area (Å²) in [4.78, 5) is 0. The average molecular weight is 275 g/mol. The molecule has 0 amide bonds.